The summed E-state index contributed by atoms with van der Waals surface area (Å²) in [4.78, 5) is 12.2. The van der Waals surface area contributed by atoms with Gasteiger partial charge < -0.3 is 5.32 Å². The SMILES string of the molecule is Cc1cc(Br)c(NC(=O)C2(C#N)CC(C)C2)cc1Cl. The highest BCUT2D eigenvalue weighted by Gasteiger charge is 2.49. The predicted molar refractivity (Wildman–Crippen MR) is 79.0 cm³/mol. The van der Waals surface area contributed by atoms with Gasteiger partial charge in [0, 0.05) is 9.50 Å². The van der Waals surface area contributed by atoms with Crippen LogP contribution in [0.4, 0.5) is 5.69 Å². The van der Waals surface area contributed by atoms with Crippen molar-refractivity contribution in [2.24, 2.45) is 11.3 Å². The quantitative estimate of drug-likeness (QED) is 0.872. The number of aryl methyl sites for hydroxylation is 1. The number of rotatable bonds is 2. The first kappa shape index (κ1) is 14.4. The molecule has 0 bridgehead atoms. The van der Waals surface area contributed by atoms with Gasteiger partial charge in [0.25, 0.3) is 0 Å². The number of nitrogens with one attached hydrogen (secondary N) is 1. The van der Waals surface area contributed by atoms with Crippen molar-refractivity contribution in [2.75, 3.05) is 5.32 Å². The molecule has 1 fully saturated rings. The summed E-state index contributed by atoms with van der Waals surface area (Å²) < 4.78 is 0.767. The Kier molecular flexibility index (Phi) is 3.89. The molecule has 1 saturated carbocycles. The number of benzene rings is 1. The van der Waals surface area contributed by atoms with Crippen LogP contribution in [0.5, 0.6) is 0 Å². The van der Waals surface area contributed by atoms with Gasteiger partial charge in [-0.25, -0.2) is 0 Å². The summed E-state index contributed by atoms with van der Waals surface area (Å²) in [5.41, 5.74) is 0.657. The fourth-order valence-corrected chi connectivity index (χ4v) is 3.16. The molecule has 0 atom stereocenters. The summed E-state index contributed by atoms with van der Waals surface area (Å²) in [6, 6.07) is 5.70. The van der Waals surface area contributed by atoms with Crippen molar-refractivity contribution in [1.29, 1.82) is 5.26 Å². The van der Waals surface area contributed by atoms with Crippen molar-refractivity contribution in [1.82, 2.24) is 0 Å². The number of nitriles is 1. The first-order valence-corrected chi connectivity index (χ1v) is 7.23. The van der Waals surface area contributed by atoms with Gasteiger partial charge in [-0.3, -0.25) is 4.79 Å². The molecular weight excluding hydrogens is 328 g/mol. The molecule has 3 nitrogen and oxygen atoms in total. The van der Waals surface area contributed by atoms with E-state index in [2.05, 4.69) is 27.3 Å². The Morgan fingerprint density at radius 2 is 2.21 bits per heavy atom. The lowest BCUT2D eigenvalue weighted by Crippen LogP contribution is -2.45. The minimum atomic E-state index is -0.879. The number of halogens is 2. The lowest BCUT2D eigenvalue weighted by molar-refractivity contribution is -0.128. The summed E-state index contributed by atoms with van der Waals surface area (Å²) in [5.74, 6) is 0.184. The average molecular weight is 342 g/mol. The molecule has 0 saturated heterocycles. The van der Waals surface area contributed by atoms with Gasteiger partial charge in [0.15, 0.2) is 0 Å². The lowest BCUT2D eigenvalue weighted by atomic mass is 9.63. The Balaban J connectivity index is 2.20. The van der Waals surface area contributed by atoms with E-state index < -0.39 is 5.41 Å². The second-order valence-electron chi connectivity index (χ2n) is 5.24. The van der Waals surface area contributed by atoms with E-state index in [1.54, 1.807) is 6.07 Å². The largest absolute Gasteiger partial charge is 0.324 e. The van der Waals surface area contributed by atoms with Gasteiger partial charge in [-0.2, -0.15) is 5.26 Å². The van der Waals surface area contributed by atoms with E-state index in [1.165, 1.54) is 0 Å². The van der Waals surface area contributed by atoms with Gasteiger partial charge in [-0.1, -0.05) is 18.5 Å². The summed E-state index contributed by atoms with van der Waals surface area (Å²) in [7, 11) is 0. The van der Waals surface area contributed by atoms with E-state index in [1.807, 2.05) is 19.9 Å². The highest BCUT2D eigenvalue weighted by Crippen LogP contribution is 2.46. The van der Waals surface area contributed by atoms with E-state index >= 15 is 0 Å². The van der Waals surface area contributed by atoms with Crippen LogP contribution >= 0.6 is 27.5 Å². The molecule has 100 valence electrons. The highest BCUT2D eigenvalue weighted by molar-refractivity contribution is 9.10. The fraction of sp³-hybridized carbons (Fsp3) is 0.429. The zero-order valence-corrected chi connectivity index (χ0v) is 13.1. The Hall–Kier alpha value is -1.05. The molecule has 1 aromatic carbocycles. The predicted octanol–water partition coefficient (Wildman–Crippen LogP) is 4.29. The van der Waals surface area contributed by atoms with E-state index in [0.717, 1.165) is 10.0 Å². The molecule has 1 aromatic rings. The smallest absolute Gasteiger partial charge is 0.244 e. The Morgan fingerprint density at radius 3 is 2.74 bits per heavy atom. The molecule has 0 aliphatic heterocycles. The Morgan fingerprint density at radius 1 is 1.58 bits per heavy atom. The third-order valence-corrected chi connectivity index (χ3v) is 4.60. The Bertz CT molecular complexity index is 574. The van der Waals surface area contributed by atoms with E-state index in [0.29, 0.717) is 29.5 Å². The molecule has 0 heterocycles. The second kappa shape index (κ2) is 5.15. The van der Waals surface area contributed by atoms with E-state index in [-0.39, 0.29) is 5.91 Å². The van der Waals surface area contributed by atoms with Gasteiger partial charge in [-0.05, 0) is 59.3 Å². The van der Waals surface area contributed by atoms with Crippen molar-refractivity contribution < 1.29 is 4.79 Å². The number of hydrogen-bond donors (Lipinski definition) is 1. The Labute approximate surface area is 126 Å². The average Bonchev–Trinajstić information content (AvgIpc) is 2.31. The molecule has 19 heavy (non-hydrogen) atoms. The maximum Gasteiger partial charge on any atom is 0.244 e. The first-order valence-electron chi connectivity index (χ1n) is 6.06. The summed E-state index contributed by atoms with van der Waals surface area (Å²) >= 11 is 9.45. The normalized spacial score (nSPS) is 25.3. The van der Waals surface area contributed by atoms with Gasteiger partial charge in [-0.15, -0.1) is 0 Å². The van der Waals surface area contributed by atoms with Gasteiger partial charge in [0.05, 0.1) is 11.8 Å². The van der Waals surface area contributed by atoms with Crippen molar-refractivity contribution in [2.45, 2.75) is 26.7 Å². The summed E-state index contributed by atoms with van der Waals surface area (Å²) in [6.45, 7) is 3.94. The van der Waals surface area contributed by atoms with Crippen LogP contribution in [0.25, 0.3) is 0 Å². The molecule has 5 heteroatoms. The lowest BCUT2D eigenvalue weighted by Gasteiger charge is -2.39. The number of carbonyl (C=O) groups excluding carboxylic acids is 1. The second-order valence-corrected chi connectivity index (χ2v) is 6.50. The van der Waals surface area contributed by atoms with Crippen LogP contribution in [0.2, 0.25) is 5.02 Å². The van der Waals surface area contributed by atoms with Crippen molar-refractivity contribution in [3.05, 3.63) is 27.2 Å². The maximum absolute atomic E-state index is 12.2. The van der Waals surface area contributed by atoms with E-state index in [9.17, 15) is 10.1 Å². The minimum Gasteiger partial charge on any atom is -0.324 e. The topological polar surface area (TPSA) is 52.9 Å². The van der Waals surface area contributed by atoms with Crippen LogP contribution < -0.4 is 5.32 Å². The van der Waals surface area contributed by atoms with Gasteiger partial charge in [0.2, 0.25) is 5.91 Å². The van der Waals surface area contributed by atoms with Crippen molar-refractivity contribution in [3.63, 3.8) is 0 Å². The summed E-state index contributed by atoms with van der Waals surface area (Å²) in [5, 5.41) is 12.6. The zero-order valence-electron chi connectivity index (χ0n) is 10.8. The number of nitrogens with zero attached hydrogens (tertiary/aromatic N) is 1. The number of carbonyl (C=O) groups is 1. The zero-order chi connectivity index (χ0) is 14.2. The number of amides is 1. The number of anilines is 1. The molecule has 0 spiro atoms. The number of hydrogen-bond acceptors (Lipinski definition) is 2. The van der Waals surface area contributed by atoms with Crippen molar-refractivity contribution >= 4 is 39.1 Å². The summed E-state index contributed by atoms with van der Waals surface area (Å²) in [6.07, 6.45) is 1.24. The maximum atomic E-state index is 12.2. The third kappa shape index (κ3) is 2.63. The molecule has 0 aromatic heterocycles. The third-order valence-electron chi connectivity index (χ3n) is 3.54. The van der Waals surface area contributed by atoms with Crippen molar-refractivity contribution in [3.8, 4) is 6.07 Å². The van der Waals surface area contributed by atoms with E-state index in [4.69, 9.17) is 11.6 Å². The molecule has 1 N–H and O–H groups in total. The highest BCUT2D eigenvalue weighted by atomic mass is 79.9. The van der Waals surface area contributed by atoms with Crippen LogP contribution in [0.15, 0.2) is 16.6 Å². The molecule has 2 rings (SSSR count). The van der Waals surface area contributed by atoms with Crippen LogP contribution in [0.3, 0.4) is 0 Å². The van der Waals surface area contributed by atoms with Gasteiger partial charge >= 0.3 is 0 Å². The fourth-order valence-electron chi connectivity index (χ4n) is 2.44. The van der Waals surface area contributed by atoms with Crippen LogP contribution in [0, 0.1) is 29.6 Å². The monoisotopic (exact) mass is 340 g/mol. The molecule has 0 unspecified atom stereocenters. The van der Waals surface area contributed by atoms with Crippen LogP contribution in [-0.4, -0.2) is 5.91 Å². The van der Waals surface area contributed by atoms with Crippen LogP contribution in [0.1, 0.15) is 25.3 Å². The molecular formula is C14H14BrClN2O. The molecule has 1 amide bonds. The van der Waals surface area contributed by atoms with Gasteiger partial charge in [0.1, 0.15) is 5.41 Å². The minimum absolute atomic E-state index is 0.242. The molecule has 0 radical (unpaired) electrons. The standard InChI is InChI=1S/C14H14BrClN2O/c1-8-5-14(6-8,7-17)13(19)18-12-4-11(16)9(2)3-10(12)15/h3-4,8H,5-6H2,1-2H3,(H,18,19). The molecule has 1 aliphatic rings. The first-order chi connectivity index (χ1) is 8.88. The molecule has 1 aliphatic carbocycles. The van der Waals surface area contributed by atoms with Crippen LogP contribution in [-0.2, 0) is 4.79 Å².